The Labute approximate surface area is 187 Å². The van der Waals surface area contributed by atoms with Gasteiger partial charge in [0.2, 0.25) is 5.78 Å². The van der Waals surface area contributed by atoms with Crippen LogP contribution in [0.2, 0.25) is 0 Å². The summed E-state index contributed by atoms with van der Waals surface area (Å²) in [5, 5.41) is 1.91. The third-order valence-electron chi connectivity index (χ3n) is 4.92. The average molecular weight is 448 g/mol. The predicted molar refractivity (Wildman–Crippen MR) is 123 cm³/mol. The molecule has 32 heavy (non-hydrogen) atoms. The number of quaternary nitrogens is 1. The Balaban J connectivity index is 1.73. The fourth-order valence-corrected chi connectivity index (χ4v) is 5.35. The maximum atomic E-state index is 14.4. The van der Waals surface area contributed by atoms with Crippen molar-refractivity contribution >= 4 is 7.60 Å². The van der Waals surface area contributed by atoms with Gasteiger partial charge >= 0.3 is 7.60 Å². The number of rotatable bonds is 9. The molecule has 4 rings (SSSR count). The van der Waals surface area contributed by atoms with E-state index in [1.54, 1.807) is 36.4 Å². The number of benzene rings is 4. The second-order valence-corrected chi connectivity index (χ2v) is 9.27. The normalized spacial score (nSPS) is 12.2. The van der Waals surface area contributed by atoms with Gasteiger partial charge in [0.1, 0.15) is 23.9 Å². The number of para-hydroxylation sites is 2. The molecule has 4 nitrogen and oxygen atoms in total. The average Bonchev–Trinajstić information content (AvgIpc) is 2.82. The Hall–Kier alpha value is -3.40. The molecular weight excluding hydrogens is 424 g/mol. The lowest BCUT2D eigenvalue weighted by atomic mass is 10.2. The zero-order valence-corrected chi connectivity index (χ0v) is 18.3. The van der Waals surface area contributed by atoms with Crippen LogP contribution in [0.1, 0.15) is 16.9 Å². The second-order valence-electron chi connectivity index (χ2n) is 7.27. The Morgan fingerprint density at radius 3 is 1.66 bits per heavy atom. The lowest BCUT2D eigenvalue weighted by Gasteiger charge is -2.26. The summed E-state index contributed by atoms with van der Waals surface area (Å²) >= 11 is 0. The van der Waals surface area contributed by atoms with E-state index in [1.165, 1.54) is 12.1 Å². The van der Waals surface area contributed by atoms with E-state index in [0.29, 0.717) is 23.6 Å². The van der Waals surface area contributed by atoms with Crippen molar-refractivity contribution in [3.05, 3.63) is 132 Å². The van der Waals surface area contributed by atoms with Crippen LogP contribution in [0.3, 0.4) is 0 Å². The van der Waals surface area contributed by atoms with Crippen molar-refractivity contribution in [1.29, 1.82) is 0 Å². The molecule has 0 saturated carbocycles. The van der Waals surface area contributed by atoms with Gasteiger partial charge in [-0.1, -0.05) is 66.7 Å². The van der Waals surface area contributed by atoms with E-state index < -0.39 is 13.4 Å². The zero-order chi connectivity index (χ0) is 22.2. The lowest BCUT2D eigenvalue weighted by Crippen LogP contribution is -2.83. The maximum absolute atomic E-state index is 14.4. The molecule has 1 atom stereocenters. The molecule has 0 bridgehead atoms. The van der Waals surface area contributed by atoms with E-state index in [2.05, 4.69) is 0 Å². The zero-order valence-electron chi connectivity index (χ0n) is 17.4. The minimum absolute atomic E-state index is 0.363. The first-order valence-electron chi connectivity index (χ1n) is 10.3. The number of nitrogens with two attached hydrogens (primary N) is 1. The largest absolute Gasteiger partial charge is 0.492 e. The van der Waals surface area contributed by atoms with Crippen molar-refractivity contribution < 1.29 is 23.3 Å². The molecule has 162 valence electrons. The molecular formula is C26H24FNO3P+. The highest BCUT2D eigenvalue weighted by atomic mass is 31.2. The fourth-order valence-electron chi connectivity index (χ4n) is 3.36. The Morgan fingerprint density at radius 2 is 1.16 bits per heavy atom. The van der Waals surface area contributed by atoms with Gasteiger partial charge in [-0.25, -0.2) is 8.96 Å². The Morgan fingerprint density at radius 1 is 0.688 bits per heavy atom. The van der Waals surface area contributed by atoms with Crippen molar-refractivity contribution in [3.63, 3.8) is 0 Å². The van der Waals surface area contributed by atoms with E-state index in [0.717, 1.165) is 5.56 Å². The molecule has 4 aromatic rings. The number of hydrogen-bond donors (Lipinski definition) is 1. The molecule has 0 aliphatic heterocycles. The summed E-state index contributed by atoms with van der Waals surface area (Å²) < 4.78 is 40.1. The first kappa shape index (κ1) is 21.8. The fraction of sp³-hybridized carbons (Fsp3) is 0.0769. The molecule has 0 aliphatic carbocycles. The van der Waals surface area contributed by atoms with Crippen LogP contribution >= 0.6 is 7.60 Å². The molecule has 0 saturated heterocycles. The third kappa shape index (κ3) is 5.64. The smallest absolute Gasteiger partial charge is 0.412 e. The number of halogens is 1. The van der Waals surface area contributed by atoms with Gasteiger partial charge in [0.15, 0.2) is 0 Å². The van der Waals surface area contributed by atoms with Crippen molar-refractivity contribution in [2.75, 3.05) is 0 Å². The third-order valence-corrected chi connectivity index (χ3v) is 7.04. The summed E-state index contributed by atoms with van der Waals surface area (Å²) in [6.07, 6.45) is 0. The van der Waals surface area contributed by atoms with Gasteiger partial charge in [-0.3, -0.25) is 0 Å². The standard InChI is InChI=1S/C26H23FNO3P/c27-23-18-16-22(17-19-23)26(28-20-21-10-4-1-5-11-21)32(29,30-24-12-6-2-7-13-24)31-25-14-8-3-9-15-25/h1-19,26,28H,20H2/p+1/t26-/m1/s1. The quantitative estimate of drug-likeness (QED) is 0.323. The molecule has 6 heteroatoms. The molecule has 0 heterocycles. The van der Waals surface area contributed by atoms with Crippen LogP contribution in [-0.2, 0) is 11.1 Å². The molecule has 0 radical (unpaired) electrons. The summed E-state index contributed by atoms with van der Waals surface area (Å²) in [6, 6.07) is 33.7. The SMILES string of the molecule is O=P(Oc1ccccc1)(Oc1ccccc1)[C@@H]([NH2+]Cc1ccccc1)c1ccc(F)cc1. The molecule has 2 N–H and O–H groups in total. The second kappa shape index (κ2) is 10.3. The monoisotopic (exact) mass is 448 g/mol. The molecule has 0 amide bonds. The van der Waals surface area contributed by atoms with Crippen LogP contribution < -0.4 is 14.4 Å². The Kier molecular flexibility index (Phi) is 7.00. The minimum Gasteiger partial charge on any atom is -0.412 e. The van der Waals surface area contributed by atoms with Crippen molar-refractivity contribution in [2.45, 2.75) is 12.3 Å². The van der Waals surface area contributed by atoms with Gasteiger partial charge in [0.05, 0.1) is 0 Å². The van der Waals surface area contributed by atoms with Gasteiger partial charge in [0, 0.05) is 11.1 Å². The van der Waals surface area contributed by atoms with Gasteiger partial charge < -0.3 is 14.4 Å². The summed E-state index contributed by atoms with van der Waals surface area (Å²) in [5.41, 5.74) is 1.71. The topological polar surface area (TPSA) is 52.1 Å². The van der Waals surface area contributed by atoms with Gasteiger partial charge in [-0.2, -0.15) is 0 Å². The van der Waals surface area contributed by atoms with E-state index in [-0.39, 0.29) is 5.82 Å². The molecule has 4 aromatic carbocycles. The van der Waals surface area contributed by atoms with Gasteiger partial charge in [-0.05, 0) is 48.5 Å². The lowest BCUT2D eigenvalue weighted by molar-refractivity contribution is -0.693. The first-order valence-corrected chi connectivity index (χ1v) is 12.0. The van der Waals surface area contributed by atoms with Gasteiger partial charge in [-0.15, -0.1) is 0 Å². The molecule has 0 aromatic heterocycles. The summed E-state index contributed by atoms with van der Waals surface area (Å²) in [6.45, 7) is 0.545. The van der Waals surface area contributed by atoms with Crippen LogP contribution in [0.25, 0.3) is 0 Å². The van der Waals surface area contributed by atoms with E-state index >= 15 is 0 Å². The van der Waals surface area contributed by atoms with E-state index in [4.69, 9.17) is 9.05 Å². The van der Waals surface area contributed by atoms with Crippen LogP contribution in [0.5, 0.6) is 11.5 Å². The van der Waals surface area contributed by atoms with Crippen LogP contribution in [0, 0.1) is 5.82 Å². The molecule has 0 spiro atoms. The van der Waals surface area contributed by atoms with Crippen LogP contribution in [0.4, 0.5) is 4.39 Å². The highest BCUT2D eigenvalue weighted by molar-refractivity contribution is 7.54. The maximum Gasteiger partial charge on any atom is 0.492 e. The Bertz CT molecular complexity index is 1110. The van der Waals surface area contributed by atoms with Crippen LogP contribution in [0.15, 0.2) is 115 Å². The van der Waals surface area contributed by atoms with E-state index in [1.807, 2.05) is 72.0 Å². The first-order chi connectivity index (χ1) is 15.6. The van der Waals surface area contributed by atoms with E-state index in [9.17, 15) is 8.96 Å². The highest BCUT2D eigenvalue weighted by Gasteiger charge is 2.44. The van der Waals surface area contributed by atoms with Crippen LogP contribution in [-0.4, -0.2) is 0 Å². The van der Waals surface area contributed by atoms with Crippen molar-refractivity contribution in [2.24, 2.45) is 0 Å². The predicted octanol–water partition coefficient (Wildman–Crippen LogP) is 5.94. The molecule has 0 fully saturated rings. The summed E-state index contributed by atoms with van der Waals surface area (Å²) in [4.78, 5) is 0. The number of hydrogen-bond acceptors (Lipinski definition) is 3. The van der Waals surface area contributed by atoms with Gasteiger partial charge in [0.25, 0.3) is 0 Å². The van der Waals surface area contributed by atoms with Crippen molar-refractivity contribution in [1.82, 2.24) is 0 Å². The van der Waals surface area contributed by atoms with Crippen molar-refractivity contribution in [3.8, 4) is 11.5 Å². The minimum atomic E-state index is -3.83. The molecule has 0 unspecified atom stereocenters. The molecule has 0 aliphatic rings. The summed E-state index contributed by atoms with van der Waals surface area (Å²) in [5.74, 6) is -0.207. The highest BCUT2D eigenvalue weighted by Crippen LogP contribution is 2.57. The summed E-state index contributed by atoms with van der Waals surface area (Å²) in [7, 11) is -3.83.